The minimum atomic E-state index is -0.347. The van der Waals surface area contributed by atoms with Crippen molar-refractivity contribution in [3.8, 4) is 0 Å². The van der Waals surface area contributed by atoms with E-state index in [2.05, 4.69) is 20.1 Å². The number of anilines is 2. The number of non-ortho nitro benzene ring substituents is 1. The van der Waals surface area contributed by atoms with Crippen LogP contribution < -0.4 is 10.2 Å². The first-order valence-electron chi connectivity index (χ1n) is 11.6. The van der Waals surface area contributed by atoms with E-state index in [4.69, 9.17) is 0 Å². The van der Waals surface area contributed by atoms with Crippen molar-refractivity contribution in [2.45, 2.75) is 45.1 Å². The van der Waals surface area contributed by atoms with Gasteiger partial charge in [0.25, 0.3) is 5.69 Å². The van der Waals surface area contributed by atoms with Crippen molar-refractivity contribution in [2.24, 2.45) is 5.92 Å². The standard InChI is InChI=1S/C24H31N5O3/c30-24(20-7-2-1-3-8-20)26-21-10-11-23(25-17-21)28-13-5-12-27(14-15-28)18-19-6-4-9-22(16-19)29(31)32/h4,6,9-11,16-17,20H,1-3,5,7-8,12-15,18H2,(H,26,30). The second-order valence-electron chi connectivity index (χ2n) is 8.77. The maximum atomic E-state index is 12.5. The molecule has 1 aliphatic heterocycles. The van der Waals surface area contributed by atoms with E-state index in [0.29, 0.717) is 6.54 Å². The summed E-state index contributed by atoms with van der Waals surface area (Å²) < 4.78 is 0. The summed E-state index contributed by atoms with van der Waals surface area (Å²) in [5.74, 6) is 1.16. The van der Waals surface area contributed by atoms with Crippen LogP contribution in [-0.4, -0.2) is 46.9 Å². The van der Waals surface area contributed by atoms with Gasteiger partial charge in [0.2, 0.25) is 5.91 Å². The van der Waals surface area contributed by atoms with Crippen LogP contribution >= 0.6 is 0 Å². The van der Waals surface area contributed by atoms with Crippen LogP contribution in [0.4, 0.5) is 17.2 Å². The Balaban J connectivity index is 1.30. The lowest BCUT2D eigenvalue weighted by Gasteiger charge is -2.23. The molecule has 8 heteroatoms. The fourth-order valence-electron chi connectivity index (χ4n) is 4.64. The molecule has 1 saturated carbocycles. The lowest BCUT2D eigenvalue weighted by molar-refractivity contribution is -0.384. The van der Waals surface area contributed by atoms with E-state index in [1.165, 1.54) is 12.5 Å². The van der Waals surface area contributed by atoms with Gasteiger partial charge in [-0.05, 0) is 37.0 Å². The Morgan fingerprint density at radius 2 is 1.91 bits per heavy atom. The highest BCUT2D eigenvalue weighted by Gasteiger charge is 2.21. The molecule has 1 N–H and O–H groups in total. The van der Waals surface area contributed by atoms with E-state index in [1.54, 1.807) is 18.3 Å². The second-order valence-corrected chi connectivity index (χ2v) is 8.77. The first-order valence-corrected chi connectivity index (χ1v) is 11.6. The lowest BCUT2D eigenvalue weighted by atomic mass is 9.88. The summed E-state index contributed by atoms with van der Waals surface area (Å²) in [7, 11) is 0. The molecule has 1 saturated heterocycles. The molecule has 0 bridgehead atoms. The summed E-state index contributed by atoms with van der Waals surface area (Å²) in [5.41, 5.74) is 1.86. The van der Waals surface area contributed by atoms with E-state index in [1.807, 2.05) is 18.2 Å². The molecule has 1 aromatic carbocycles. The molecule has 0 unspecified atom stereocenters. The lowest BCUT2D eigenvalue weighted by Crippen LogP contribution is -2.31. The Morgan fingerprint density at radius 1 is 1.06 bits per heavy atom. The number of nitro groups is 1. The quantitative estimate of drug-likeness (QED) is 0.537. The van der Waals surface area contributed by atoms with Crippen molar-refractivity contribution >= 4 is 23.1 Å². The zero-order valence-corrected chi connectivity index (χ0v) is 18.4. The van der Waals surface area contributed by atoms with Crippen LogP contribution in [0.5, 0.6) is 0 Å². The number of carbonyl (C=O) groups is 1. The molecule has 170 valence electrons. The predicted octanol–water partition coefficient (Wildman–Crippen LogP) is 4.22. The number of aromatic nitrogens is 1. The molecule has 0 atom stereocenters. The Kier molecular flexibility index (Phi) is 7.32. The van der Waals surface area contributed by atoms with E-state index in [0.717, 1.165) is 75.4 Å². The number of pyridine rings is 1. The van der Waals surface area contributed by atoms with Crippen molar-refractivity contribution in [2.75, 3.05) is 36.4 Å². The van der Waals surface area contributed by atoms with Crippen LogP contribution in [0.15, 0.2) is 42.6 Å². The van der Waals surface area contributed by atoms with Crippen LogP contribution in [-0.2, 0) is 11.3 Å². The summed E-state index contributed by atoms with van der Waals surface area (Å²) >= 11 is 0. The SMILES string of the molecule is O=C(Nc1ccc(N2CCCN(Cc3cccc([N+](=O)[O-])c3)CC2)nc1)C1CCCCC1. The maximum Gasteiger partial charge on any atom is 0.269 e. The number of hydrogen-bond acceptors (Lipinski definition) is 6. The Hall–Kier alpha value is -3.00. The molecule has 2 aliphatic rings. The molecule has 8 nitrogen and oxygen atoms in total. The Labute approximate surface area is 188 Å². The van der Waals surface area contributed by atoms with Gasteiger partial charge in [-0.3, -0.25) is 19.8 Å². The summed E-state index contributed by atoms with van der Waals surface area (Å²) in [4.78, 5) is 32.3. The molecule has 4 rings (SSSR count). The largest absolute Gasteiger partial charge is 0.355 e. The number of nitrogens with one attached hydrogen (secondary N) is 1. The number of nitrogens with zero attached hydrogens (tertiary/aromatic N) is 4. The molecular weight excluding hydrogens is 406 g/mol. The van der Waals surface area contributed by atoms with Gasteiger partial charge < -0.3 is 10.2 Å². The van der Waals surface area contributed by atoms with Crippen LogP contribution in [0.25, 0.3) is 0 Å². The predicted molar refractivity (Wildman–Crippen MR) is 125 cm³/mol. The molecular formula is C24H31N5O3. The van der Waals surface area contributed by atoms with Gasteiger partial charge in [0, 0.05) is 50.8 Å². The van der Waals surface area contributed by atoms with E-state index in [9.17, 15) is 14.9 Å². The van der Waals surface area contributed by atoms with Crippen LogP contribution in [0, 0.1) is 16.0 Å². The molecule has 2 heterocycles. The summed E-state index contributed by atoms with van der Waals surface area (Å²) in [6.45, 7) is 4.26. The summed E-state index contributed by atoms with van der Waals surface area (Å²) in [5, 5.41) is 14.0. The monoisotopic (exact) mass is 437 g/mol. The summed E-state index contributed by atoms with van der Waals surface area (Å²) in [6.07, 6.45) is 8.23. The van der Waals surface area contributed by atoms with Crippen LogP contribution in [0.2, 0.25) is 0 Å². The Morgan fingerprint density at radius 3 is 2.66 bits per heavy atom. The molecule has 0 radical (unpaired) electrons. The smallest absolute Gasteiger partial charge is 0.269 e. The average molecular weight is 438 g/mol. The number of nitro benzene ring substituents is 1. The molecule has 0 spiro atoms. The molecule has 32 heavy (non-hydrogen) atoms. The minimum Gasteiger partial charge on any atom is -0.355 e. The molecule has 2 fully saturated rings. The molecule has 1 aliphatic carbocycles. The van der Waals surface area contributed by atoms with Gasteiger partial charge in [-0.15, -0.1) is 0 Å². The average Bonchev–Trinajstić information content (AvgIpc) is 3.06. The highest BCUT2D eigenvalue weighted by atomic mass is 16.6. The van der Waals surface area contributed by atoms with Gasteiger partial charge >= 0.3 is 0 Å². The van der Waals surface area contributed by atoms with Gasteiger partial charge in [-0.2, -0.15) is 0 Å². The maximum absolute atomic E-state index is 12.5. The molecule has 1 aromatic heterocycles. The third kappa shape index (κ3) is 5.82. The fraction of sp³-hybridized carbons (Fsp3) is 0.500. The van der Waals surface area contributed by atoms with Crippen molar-refractivity contribution in [3.05, 3.63) is 58.3 Å². The number of amides is 1. The number of hydrogen-bond donors (Lipinski definition) is 1. The number of carbonyl (C=O) groups excluding carboxylic acids is 1. The van der Waals surface area contributed by atoms with Gasteiger partial charge in [0.1, 0.15) is 5.82 Å². The number of benzene rings is 1. The summed E-state index contributed by atoms with van der Waals surface area (Å²) in [6, 6.07) is 10.8. The van der Waals surface area contributed by atoms with E-state index >= 15 is 0 Å². The van der Waals surface area contributed by atoms with Crippen molar-refractivity contribution in [3.63, 3.8) is 0 Å². The second kappa shape index (κ2) is 10.5. The van der Waals surface area contributed by atoms with Gasteiger partial charge in [-0.1, -0.05) is 31.4 Å². The van der Waals surface area contributed by atoms with Crippen LogP contribution in [0.3, 0.4) is 0 Å². The fourth-order valence-corrected chi connectivity index (χ4v) is 4.64. The van der Waals surface area contributed by atoms with Gasteiger partial charge in [-0.25, -0.2) is 4.98 Å². The van der Waals surface area contributed by atoms with E-state index in [-0.39, 0.29) is 22.4 Å². The zero-order valence-electron chi connectivity index (χ0n) is 18.4. The van der Waals surface area contributed by atoms with Gasteiger partial charge in [0.15, 0.2) is 0 Å². The molecule has 2 aromatic rings. The van der Waals surface area contributed by atoms with Crippen molar-refractivity contribution in [1.29, 1.82) is 0 Å². The third-order valence-corrected chi connectivity index (χ3v) is 6.43. The third-order valence-electron chi connectivity index (χ3n) is 6.43. The highest BCUT2D eigenvalue weighted by Crippen LogP contribution is 2.25. The highest BCUT2D eigenvalue weighted by molar-refractivity contribution is 5.92. The minimum absolute atomic E-state index is 0.116. The topological polar surface area (TPSA) is 91.6 Å². The van der Waals surface area contributed by atoms with Crippen LogP contribution in [0.1, 0.15) is 44.1 Å². The first-order chi connectivity index (χ1) is 15.6. The zero-order chi connectivity index (χ0) is 22.3. The Bertz CT molecular complexity index is 927. The first kappa shape index (κ1) is 22.2. The normalized spacial score (nSPS) is 18.2. The number of rotatable bonds is 6. The molecule has 1 amide bonds. The van der Waals surface area contributed by atoms with Crippen molar-refractivity contribution < 1.29 is 9.72 Å². The van der Waals surface area contributed by atoms with Gasteiger partial charge in [0.05, 0.1) is 16.8 Å². The van der Waals surface area contributed by atoms with E-state index < -0.39 is 0 Å². The van der Waals surface area contributed by atoms with Crippen molar-refractivity contribution in [1.82, 2.24) is 9.88 Å².